The average molecular weight is 395 g/mol. The molecule has 28 heavy (non-hydrogen) atoms. The van der Waals surface area contributed by atoms with Crippen LogP contribution in [0.25, 0.3) is 0 Å². The summed E-state index contributed by atoms with van der Waals surface area (Å²) in [6, 6.07) is 5.89. The Balaban J connectivity index is 0.000000236. The summed E-state index contributed by atoms with van der Waals surface area (Å²) in [5.74, 6) is 0.835. The third kappa shape index (κ3) is 5.72. The van der Waals surface area contributed by atoms with E-state index in [0.29, 0.717) is 30.0 Å². The number of nitrogens with zero attached hydrogens (tertiary/aromatic N) is 1. The van der Waals surface area contributed by atoms with Crippen LogP contribution in [0.15, 0.2) is 24.3 Å². The molecular weight excluding hydrogens is 364 g/mol. The Morgan fingerprint density at radius 2 is 1.50 bits per heavy atom. The zero-order valence-corrected chi connectivity index (χ0v) is 16.7. The van der Waals surface area contributed by atoms with Gasteiger partial charge in [0.25, 0.3) is 0 Å². The second-order valence-electron chi connectivity index (χ2n) is 8.17. The number of carbonyl (C=O) groups excluding carboxylic acids is 1. The fourth-order valence-corrected chi connectivity index (χ4v) is 4.61. The molecule has 7 heteroatoms. The number of nitrogens with one attached hydrogen (secondary N) is 2. The van der Waals surface area contributed by atoms with Gasteiger partial charge in [0.1, 0.15) is 11.6 Å². The molecule has 0 radical (unpaired) electrons. The molecule has 2 aliphatic heterocycles. The van der Waals surface area contributed by atoms with Crippen LogP contribution in [0, 0.1) is 23.5 Å². The second-order valence-corrected chi connectivity index (χ2v) is 8.17. The smallest absolute Gasteiger partial charge is 0.219 e. The van der Waals surface area contributed by atoms with Crippen molar-refractivity contribution in [2.24, 2.45) is 11.8 Å². The van der Waals surface area contributed by atoms with Gasteiger partial charge in [-0.25, -0.2) is 8.78 Å². The van der Waals surface area contributed by atoms with Crippen LogP contribution in [-0.4, -0.2) is 62.3 Å². The van der Waals surface area contributed by atoms with E-state index in [-0.39, 0.29) is 5.91 Å². The molecule has 1 aromatic carbocycles. The van der Waals surface area contributed by atoms with Gasteiger partial charge >= 0.3 is 0 Å². The van der Waals surface area contributed by atoms with Gasteiger partial charge in [0.2, 0.25) is 5.91 Å². The van der Waals surface area contributed by atoms with E-state index in [9.17, 15) is 13.6 Å². The molecule has 1 amide bonds. The van der Waals surface area contributed by atoms with Crippen molar-refractivity contribution < 1.29 is 18.3 Å². The van der Waals surface area contributed by atoms with Crippen molar-refractivity contribution in [3.63, 3.8) is 0 Å². The van der Waals surface area contributed by atoms with Gasteiger partial charge in [-0.3, -0.25) is 4.79 Å². The molecule has 1 aliphatic carbocycles. The minimum atomic E-state index is -0.411. The van der Waals surface area contributed by atoms with Crippen LogP contribution in [-0.2, 0) is 9.53 Å². The van der Waals surface area contributed by atoms with Crippen LogP contribution in [0.3, 0.4) is 0 Å². The summed E-state index contributed by atoms with van der Waals surface area (Å²) in [4.78, 5) is 13.5. The highest BCUT2D eigenvalue weighted by atomic mass is 19.1. The van der Waals surface area contributed by atoms with Crippen molar-refractivity contribution in [3.8, 4) is 0 Å². The Bertz CT molecular complexity index is 608. The summed E-state index contributed by atoms with van der Waals surface area (Å²) >= 11 is 0. The van der Waals surface area contributed by atoms with E-state index in [1.54, 1.807) is 6.92 Å². The Labute approximate surface area is 165 Å². The maximum atomic E-state index is 11.9. The van der Waals surface area contributed by atoms with E-state index in [1.807, 2.05) is 11.9 Å². The molecule has 3 fully saturated rings. The highest BCUT2D eigenvalue weighted by molar-refractivity contribution is 5.73. The topological polar surface area (TPSA) is 53.6 Å². The number of rotatable bonds is 3. The molecule has 0 spiro atoms. The molecule has 4 unspecified atom stereocenters. The standard InChI is InChI=1S/C15H27N3O2.C6H4F2/c1-10(19)18-6-11-3-13(4-12(11)7-18)17-15-5-14(16-2)8-20-9-15;7-5-1-2-6(8)4-3-5/h11-17H,3-9H2,1-2H3;1-4H. The Kier molecular flexibility index (Phi) is 7.37. The highest BCUT2D eigenvalue weighted by Crippen LogP contribution is 2.38. The van der Waals surface area contributed by atoms with Crippen LogP contribution in [0.4, 0.5) is 8.78 Å². The first kappa shape index (κ1) is 21.1. The lowest BCUT2D eigenvalue weighted by Gasteiger charge is -2.32. The van der Waals surface area contributed by atoms with E-state index in [2.05, 4.69) is 10.6 Å². The summed E-state index contributed by atoms with van der Waals surface area (Å²) < 4.78 is 29.5. The Morgan fingerprint density at radius 3 is 2.00 bits per heavy atom. The van der Waals surface area contributed by atoms with Crippen LogP contribution in [0.1, 0.15) is 26.2 Å². The number of halogens is 2. The SMILES string of the molecule is CNC1COCC(NC2CC3CN(C(C)=O)CC3C2)C1.Fc1ccc(F)cc1. The van der Waals surface area contributed by atoms with Crippen LogP contribution in [0.2, 0.25) is 0 Å². The predicted molar refractivity (Wildman–Crippen MR) is 104 cm³/mol. The van der Waals surface area contributed by atoms with Gasteiger partial charge < -0.3 is 20.3 Å². The minimum Gasteiger partial charge on any atom is -0.378 e. The summed E-state index contributed by atoms with van der Waals surface area (Å²) in [5.41, 5.74) is 0. The first-order valence-electron chi connectivity index (χ1n) is 10.1. The Hall–Kier alpha value is -1.57. The van der Waals surface area contributed by atoms with Crippen LogP contribution >= 0.6 is 0 Å². The molecule has 4 rings (SSSR count). The van der Waals surface area contributed by atoms with Gasteiger partial charge in [-0.2, -0.15) is 0 Å². The number of likely N-dealkylation sites (tertiary alicyclic amines) is 1. The van der Waals surface area contributed by atoms with Gasteiger partial charge in [0.15, 0.2) is 0 Å². The van der Waals surface area contributed by atoms with Crippen LogP contribution < -0.4 is 10.6 Å². The van der Waals surface area contributed by atoms with Gasteiger partial charge in [0, 0.05) is 38.1 Å². The number of fused-ring (bicyclic) bond motifs is 1. The fourth-order valence-electron chi connectivity index (χ4n) is 4.61. The van der Waals surface area contributed by atoms with Gasteiger partial charge in [-0.05, 0) is 62.4 Å². The van der Waals surface area contributed by atoms with Crippen molar-refractivity contribution >= 4 is 5.91 Å². The molecule has 2 saturated heterocycles. The monoisotopic (exact) mass is 395 g/mol. The van der Waals surface area contributed by atoms with E-state index in [0.717, 1.165) is 57.0 Å². The van der Waals surface area contributed by atoms with E-state index in [1.165, 1.54) is 12.8 Å². The number of hydrogen-bond donors (Lipinski definition) is 2. The number of likely N-dealkylation sites (N-methyl/N-ethyl adjacent to an activating group) is 1. The number of carbonyl (C=O) groups is 1. The molecule has 1 saturated carbocycles. The average Bonchev–Trinajstić information content (AvgIpc) is 3.23. The third-order valence-corrected chi connectivity index (χ3v) is 6.09. The quantitative estimate of drug-likeness (QED) is 0.824. The lowest BCUT2D eigenvalue weighted by atomic mass is 10.0. The Morgan fingerprint density at radius 1 is 0.964 bits per heavy atom. The lowest BCUT2D eigenvalue weighted by molar-refractivity contribution is -0.128. The molecule has 0 bridgehead atoms. The largest absolute Gasteiger partial charge is 0.378 e. The van der Waals surface area contributed by atoms with Crippen molar-refractivity contribution in [3.05, 3.63) is 35.9 Å². The molecule has 2 N–H and O–H groups in total. The molecule has 156 valence electrons. The summed E-state index contributed by atoms with van der Waals surface area (Å²) in [6.45, 7) is 5.30. The molecule has 0 aromatic heterocycles. The maximum absolute atomic E-state index is 11.9. The maximum Gasteiger partial charge on any atom is 0.219 e. The molecule has 4 atom stereocenters. The van der Waals surface area contributed by atoms with E-state index >= 15 is 0 Å². The number of amides is 1. The minimum absolute atomic E-state index is 0.237. The van der Waals surface area contributed by atoms with E-state index in [4.69, 9.17) is 4.74 Å². The number of benzene rings is 1. The van der Waals surface area contributed by atoms with Crippen molar-refractivity contribution in [2.75, 3.05) is 33.4 Å². The normalized spacial score (nSPS) is 31.9. The fraction of sp³-hybridized carbons (Fsp3) is 0.667. The first-order chi connectivity index (χ1) is 13.4. The molecule has 2 heterocycles. The molecule has 1 aromatic rings. The predicted octanol–water partition coefficient (Wildman–Crippen LogP) is 2.17. The summed E-state index contributed by atoms with van der Waals surface area (Å²) in [7, 11) is 2.01. The van der Waals surface area contributed by atoms with Crippen molar-refractivity contribution in [1.82, 2.24) is 15.5 Å². The lowest BCUT2D eigenvalue weighted by Crippen LogP contribution is -2.49. The third-order valence-electron chi connectivity index (χ3n) is 6.09. The molecule has 3 aliphatic rings. The van der Waals surface area contributed by atoms with E-state index < -0.39 is 11.6 Å². The highest BCUT2D eigenvalue weighted by Gasteiger charge is 2.42. The summed E-state index contributed by atoms with van der Waals surface area (Å²) in [5, 5.41) is 7.09. The van der Waals surface area contributed by atoms with Crippen molar-refractivity contribution in [1.29, 1.82) is 0 Å². The number of hydrogen-bond acceptors (Lipinski definition) is 4. The summed E-state index contributed by atoms with van der Waals surface area (Å²) in [6.07, 6.45) is 3.59. The van der Waals surface area contributed by atoms with Gasteiger partial charge in [0.05, 0.1) is 13.2 Å². The molecular formula is C21H31F2N3O2. The van der Waals surface area contributed by atoms with Gasteiger partial charge in [-0.1, -0.05) is 0 Å². The first-order valence-corrected chi connectivity index (χ1v) is 10.1. The zero-order valence-electron chi connectivity index (χ0n) is 16.7. The number of ether oxygens (including phenoxy) is 1. The van der Waals surface area contributed by atoms with Gasteiger partial charge in [-0.15, -0.1) is 0 Å². The zero-order chi connectivity index (χ0) is 20.1. The second kappa shape index (κ2) is 9.76. The van der Waals surface area contributed by atoms with Crippen molar-refractivity contribution in [2.45, 2.75) is 44.3 Å². The van der Waals surface area contributed by atoms with Crippen LogP contribution in [0.5, 0.6) is 0 Å². The molecule has 5 nitrogen and oxygen atoms in total.